The Balaban J connectivity index is 1.57. The summed E-state index contributed by atoms with van der Waals surface area (Å²) in [6, 6.07) is 7.99. The van der Waals surface area contributed by atoms with Crippen LogP contribution in [0.2, 0.25) is 0 Å². The van der Waals surface area contributed by atoms with Gasteiger partial charge in [-0.15, -0.1) is 11.3 Å². The highest BCUT2D eigenvalue weighted by atomic mass is 79.9. The SMILES string of the molecule is CC(C)C(=O)N1CCN(C(=O)Cc2csc(-c3cccc(Br)c3)n2)CC1. The number of rotatable bonds is 4. The summed E-state index contributed by atoms with van der Waals surface area (Å²) in [5.41, 5.74) is 1.85. The molecule has 2 amide bonds. The molecule has 0 atom stereocenters. The van der Waals surface area contributed by atoms with Gasteiger partial charge in [0.1, 0.15) is 5.01 Å². The number of carbonyl (C=O) groups excluding carboxylic acids is 2. The van der Waals surface area contributed by atoms with Crippen LogP contribution < -0.4 is 0 Å². The topological polar surface area (TPSA) is 53.5 Å². The fraction of sp³-hybridized carbons (Fsp3) is 0.421. The second-order valence-corrected chi connectivity index (χ2v) is 8.47. The van der Waals surface area contributed by atoms with Crippen molar-refractivity contribution in [3.63, 3.8) is 0 Å². The minimum atomic E-state index is 0.00343. The fourth-order valence-electron chi connectivity index (χ4n) is 2.95. The molecule has 2 aromatic rings. The third-order valence-electron chi connectivity index (χ3n) is 4.39. The van der Waals surface area contributed by atoms with E-state index < -0.39 is 0 Å². The molecule has 0 spiro atoms. The Bertz CT molecular complexity index is 798. The van der Waals surface area contributed by atoms with Gasteiger partial charge in [0.05, 0.1) is 12.1 Å². The number of hydrogen-bond donors (Lipinski definition) is 0. The van der Waals surface area contributed by atoms with Crippen LogP contribution in [0.25, 0.3) is 10.6 Å². The summed E-state index contributed by atoms with van der Waals surface area (Å²) in [7, 11) is 0. The van der Waals surface area contributed by atoms with E-state index in [4.69, 9.17) is 0 Å². The maximum atomic E-state index is 12.6. The van der Waals surface area contributed by atoms with Crippen molar-refractivity contribution >= 4 is 39.1 Å². The molecule has 0 saturated carbocycles. The van der Waals surface area contributed by atoms with E-state index in [1.165, 1.54) is 0 Å². The normalized spacial score (nSPS) is 14.8. The standard InChI is InChI=1S/C19H22BrN3O2S/c1-13(2)19(25)23-8-6-22(7-9-23)17(24)11-16-12-26-18(21-16)14-4-3-5-15(20)10-14/h3-5,10,12-13H,6-9,11H2,1-2H3. The zero-order valence-corrected chi connectivity index (χ0v) is 17.3. The Morgan fingerprint density at radius 2 is 1.88 bits per heavy atom. The van der Waals surface area contributed by atoms with Crippen molar-refractivity contribution in [1.82, 2.24) is 14.8 Å². The van der Waals surface area contributed by atoms with Crippen LogP contribution in [0, 0.1) is 5.92 Å². The number of amides is 2. The summed E-state index contributed by atoms with van der Waals surface area (Å²) in [6.45, 7) is 6.24. The average Bonchev–Trinajstić information content (AvgIpc) is 3.09. The van der Waals surface area contributed by atoms with Crippen LogP contribution in [0.15, 0.2) is 34.1 Å². The van der Waals surface area contributed by atoms with Crippen molar-refractivity contribution in [3.05, 3.63) is 39.8 Å². The molecule has 1 aromatic heterocycles. The minimum absolute atomic E-state index is 0.00343. The van der Waals surface area contributed by atoms with E-state index >= 15 is 0 Å². The monoisotopic (exact) mass is 435 g/mol. The van der Waals surface area contributed by atoms with Crippen molar-refractivity contribution in [3.8, 4) is 10.6 Å². The van der Waals surface area contributed by atoms with Gasteiger partial charge in [0.2, 0.25) is 11.8 Å². The molecule has 1 fully saturated rings. The van der Waals surface area contributed by atoms with Crippen LogP contribution in [0.1, 0.15) is 19.5 Å². The quantitative estimate of drug-likeness (QED) is 0.738. The van der Waals surface area contributed by atoms with E-state index in [2.05, 4.69) is 20.9 Å². The van der Waals surface area contributed by atoms with Gasteiger partial charge < -0.3 is 9.80 Å². The zero-order valence-electron chi connectivity index (χ0n) is 14.9. The maximum Gasteiger partial charge on any atom is 0.228 e. The van der Waals surface area contributed by atoms with Crippen LogP contribution >= 0.6 is 27.3 Å². The molecule has 0 unspecified atom stereocenters. The second-order valence-electron chi connectivity index (χ2n) is 6.69. The van der Waals surface area contributed by atoms with Gasteiger partial charge in [-0.05, 0) is 12.1 Å². The third-order valence-corrected chi connectivity index (χ3v) is 5.83. The van der Waals surface area contributed by atoms with Crippen molar-refractivity contribution in [2.75, 3.05) is 26.2 Å². The number of aromatic nitrogens is 1. The van der Waals surface area contributed by atoms with Crippen LogP contribution in [0.5, 0.6) is 0 Å². The molecule has 3 rings (SSSR count). The molecular weight excluding hydrogens is 414 g/mol. The lowest BCUT2D eigenvalue weighted by atomic mass is 10.1. The third kappa shape index (κ3) is 4.51. The predicted molar refractivity (Wildman–Crippen MR) is 107 cm³/mol. The van der Waals surface area contributed by atoms with Gasteiger partial charge in [-0.3, -0.25) is 9.59 Å². The molecule has 138 valence electrons. The second kappa shape index (κ2) is 8.31. The molecule has 1 aromatic carbocycles. The van der Waals surface area contributed by atoms with E-state index in [1.807, 2.05) is 53.3 Å². The number of halogens is 1. The van der Waals surface area contributed by atoms with Crippen molar-refractivity contribution < 1.29 is 9.59 Å². The first-order valence-electron chi connectivity index (χ1n) is 8.71. The van der Waals surface area contributed by atoms with E-state index in [9.17, 15) is 9.59 Å². The average molecular weight is 436 g/mol. The molecule has 5 nitrogen and oxygen atoms in total. The number of carbonyl (C=O) groups is 2. The minimum Gasteiger partial charge on any atom is -0.339 e. The number of nitrogens with zero attached hydrogens (tertiary/aromatic N) is 3. The summed E-state index contributed by atoms with van der Waals surface area (Å²) in [4.78, 5) is 32.9. The van der Waals surface area contributed by atoms with E-state index in [0.717, 1.165) is 20.7 Å². The predicted octanol–water partition coefficient (Wildman–Crippen LogP) is 3.44. The van der Waals surface area contributed by atoms with Gasteiger partial charge in [0.15, 0.2) is 0 Å². The first kappa shape index (κ1) is 19.0. The summed E-state index contributed by atoms with van der Waals surface area (Å²) in [5, 5.41) is 2.87. The van der Waals surface area contributed by atoms with Gasteiger partial charge in [0, 0.05) is 47.5 Å². The van der Waals surface area contributed by atoms with E-state index in [-0.39, 0.29) is 17.7 Å². The molecular formula is C19H22BrN3O2S. The Hall–Kier alpha value is -1.73. The lowest BCUT2D eigenvalue weighted by molar-refractivity contribution is -0.141. The molecule has 2 heterocycles. The van der Waals surface area contributed by atoms with Gasteiger partial charge in [-0.1, -0.05) is 41.9 Å². The van der Waals surface area contributed by atoms with Crippen LogP contribution in [-0.2, 0) is 16.0 Å². The highest BCUT2D eigenvalue weighted by Crippen LogP contribution is 2.26. The van der Waals surface area contributed by atoms with Crippen LogP contribution in [-0.4, -0.2) is 52.8 Å². The molecule has 0 radical (unpaired) electrons. The molecule has 0 N–H and O–H groups in total. The lowest BCUT2D eigenvalue weighted by Gasteiger charge is -2.35. The number of hydrogen-bond acceptors (Lipinski definition) is 4. The lowest BCUT2D eigenvalue weighted by Crippen LogP contribution is -2.51. The number of benzene rings is 1. The van der Waals surface area contributed by atoms with Crippen molar-refractivity contribution in [2.45, 2.75) is 20.3 Å². The van der Waals surface area contributed by atoms with E-state index in [1.54, 1.807) is 11.3 Å². The van der Waals surface area contributed by atoms with E-state index in [0.29, 0.717) is 32.6 Å². The number of thiazole rings is 1. The zero-order chi connectivity index (χ0) is 18.7. The summed E-state index contributed by atoms with van der Waals surface area (Å²) in [5.74, 6) is 0.242. The first-order chi connectivity index (χ1) is 12.4. The molecule has 7 heteroatoms. The molecule has 0 bridgehead atoms. The first-order valence-corrected chi connectivity index (χ1v) is 10.4. The summed E-state index contributed by atoms with van der Waals surface area (Å²) in [6.07, 6.45) is 0.308. The summed E-state index contributed by atoms with van der Waals surface area (Å²) >= 11 is 5.02. The largest absolute Gasteiger partial charge is 0.339 e. The highest BCUT2D eigenvalue weighted by Gasteiger charge is 2.25. The van der Waals surface area contributed by atoms with Gasteiger partial charge >= 0.3 is 0 Å². The Labute approximate surface area is 166 Å². The van der Waals surface area contributed by atoms with Gasteiger partial charge in [-0.2, -0.15) is 0 Å². The molecule has 1 saturated heterocycles. The Morgan fingerprint density at radius 3 is 2.54 bits per heavy atom. The van der Waals surface area contributed by atoms with Crippen LogP contribution in [0.3, 0.4) is 0 Å². The fourth-order valence-corrected chi connectivity index (χ4v) is 4.17. The summed E-state index contributed by atoms with van der Waals surface area (Å²) < 4.78 is 1.01. The van der Waals surface area contributed by atoms with Gasteiger partial charge in [0.25, 0.3) is 0 Å². The Kier molecular flexibility index (Phi) is 6.09. The van der Waals surface area contributed by atoms with Crippen molar-refractivity contribution in [2.24, 2.45) is 5.92 Å². The molecule has 0 aliphatic carbocycles. The maximum absolute atomic E-state index is 12.6. The smallest absolute Gasteiger partial charge is 0.228 e. The molecule has 1 aliphatic rings. The molecule has 1 aliphatic heterocycles. The molecule has 26 heavy (non-hydrogen) atoms. The van der Waals surface area contributed by atoms with Gasteiger partial charge in [-0.25, -0.2) is 4.98 Å². The Morgan fingerprint density at radius 1 is 1.19 bits per heavy atom. The van der Waals surface area contributed by atoms with Crippen molar-refractivity contribution in [1.29, 1.82) is 0 Å². The number of piperazine rings is 1. The highest BCUT2D eigenvalue weighted by molar-refractivity contribution is 9.10. The van der Waals surface area contributed by atoms with Crippen LogP contribution in [0.4, 0.5) is 0 Å².